The van der Waals surface area contributed by atoms with Crippen molar-refractivity contribution in [3.63, 3.8) is 0 Å². The van der Waals surface area contributed by atoms with Crippen molar-refractivity contribution in [1.29, 1.82) is 0 Å². The third-order valence-corrected chi connectivity index (χ3v) is 8.12. The highest BCUT2D eigenvalue weighted by Gasteiger charge is 2.39. The lowest BCUT2D eigenvalue weighted by molar-refractivity contribution is -0.132. The van der Waals surface area contributed by atoms with Crippen molar-refractivity contribution >= 4 is 14.3 Å². The van der Waals surface area contributed by atoms with E-state index in [0.29, 0.717) is 12.0 Å². The molecule has 0 spiro atoms. The second kappa shape index (κ2) is 4.34. The molecule has 0 aromatic rings. The first-order valence-electron chi connectivity index (χ1n) is 5.75. The van der Waals surface area contributed by atoms with Crippen LogP contribution >= 0.6 is 0 Å². The lowest BCUT2D eigenvalue weighted by Gasteiger charge is -2.38. The molecular weight excluding hydrogens is 220 g/mol. The first-order chi connectivity index (χ1) is 7.13. The van der Waals surface area contributed by atoms with E-state index in [4.69, 9.17) is 9.53 Å². The van der Waals surface area contributed by atoms with Gasteiger partial charge in [-0.2, -0.15) is 0 Å². The van der Waals surface area contributed by atoms with Gasteiger partial charge in [-0.15, -0.1) is 0 Å². The third-order valence-electron chi connectivity index (χ3n) is 3.61. The van der Waals surface area contributed by atoms with E-state index < -0.39 is 14.3 Å². The number of carbonyl (C=O) groups is 1. The molecule has 1 aliphatic rings. The molecule has 0 saturated carbocycles. The van der Waals surface area contributed by atoms with Crippen LogP contribution in [0.5, 0.6) is 0 Å². The fourth-order valence-electron chi connectivity index (χ4n) is 1.52. The van der Waals surface area contributed by atoms with Crippen molar-refractivity contribution in [3.05, 3.63) is 11.6 Å². The SMILES string of the molecule is CC(C)(C)[Si](C)(C)OC1C=C(C(=O)O)CC1. The number of hydrogen-bond acceptors (Lipinski definition) is 2. The fourth-order valence-corrected chi connectivity index (χ4v) is 2.81. The van der Waals surface area contributed by atoms with E-state index in [9.17, 15) is 4.79 Å². The molecule has 1 rings (SSSR count). The zero-order valence-electron chi connectivity index (χ0n) is 10.8. The molecule has 1 N–H and O–H groups in total. The molecule has 3 nitrogen and oxygen atoms in total. The van der Waals surface area contributed by atoms with Crippen LogP contribution in [0.1, 0.15) is 33.6 Å². The fraction of sp³-hybridized carbons (Fsp3) is 0.750. The van der Waals surface area contributed by atoms with Crippen molar-refractivity contribution in [2.75, 3.05) is 0 Å². The van der Waals surface area contributed by atoms with Gasteiger partial charge in [-0.25, -0.2) is 4.79 Å². The molecule has 1 aliphatic carbocycles. The van der Waals surface area contributed by atoms with Gasteiger partial charge in [0.1, 0.15) is 0 Å². The molecule has 1 atom stereocenters. The molecule has 92 valence electrons. The molecule has 0 aromatic carbocycles. The number of carboxylic acids is 1. The highest BCUT2D eigenvalue weighted by Crippen LogP contribution is 2.39. The lowest BCUT2D eigenvalue weighted by atomic mass is 10.2. The van der Waals surface area contributed by atoms with Gasteiger partial charge in [0.25, 0.3) is 0 Å². The Bertz CT molecular complexity index is 313. The summed E-state index contributed by atoms with van der Waals surface area (Å²) in [5.41, 5.74) is 0.503. The minimum Gasteiger partial charge on any atom is -0.478 e. The van der Waals surface area contributed by atoms with Crippen LogP contribution in [0.4, 0.5) is 0 Å². The zero-order valence-corrected chi connectivity index (χ0v) is 11.8. The minimum atomic E-state index is -1.77. The van der Waals surface area contributed by atoms with Crippen LogP contribution < -0.4 is 0 Å². The largest absolute Gasteiger partial charge is 0.478 e. The predicted molar refractivity (Wildman–Crippen MR) is 67.0 cm³/mol. The van der Waals surface area contributed by atoms with Crippen LogP contribution in [-0.4, -0.2) is 25.5 Å². The molecule has 0 radical (unpaired) electrons. The molecule has 16 heavy (non-hydrogen) atoms. The Balaban J connectivity index is 2.67. The van der Waals surface area contributed by atoms with Crippen molar-refractivity contribution < 1.29 is 14.3 Å². The van der Waals surface area contributed by atoms with Gasteiger partial charge in [0, 0.05) is 5.57 Å². The Morgan fingerprint density at radius 2 is 2.06 bits per heavy atom. The maximum atomic E-state index is 10.8. The predicted octanol–water partition coefficient (Wildman–Crippen LogP) is 3.18. The summed E-state index contributed by atoms with van der Waals surface area (Å²) in [5.74, 6) is -0.804. The van der Waals surface area contributed by atoms with Crippen LogP contribution in [0.3, 0.4) is 0 Å². The Morgan fingerprint density at radius 3 is 2.44 bits per heavy atom. The molecule has 4 heteroatoms. The molecule has 0 amide bonds. The van der Waals surface area contributed by atoms with Crippen LogP contribution in [-0.2, 0) is 9.22 Å². The van der Waals surface area contributed by atoms with E-state index in [1.54, 1.807) is 6.08 Å². The Hall–Kier alpha value is -0.613. The van der Waals surface area contributed by atoms with Gasteiger partial charge in [0.2, 0.25) is 0 Å². The monoisotopic (exact) mass is 242 g/mol. The number of hydrogen-bond donors (Lipinski definition) is 1. The molecule has 0 heterocycles. The zero-order chi connectivity index (χ0) is 12.6. The first-order valence-corrected chi connectivity index (χ1v) is 8.66. The van der Waals surface area contributed by atoms with Crippen LogP contribution in [0.2, 0.25) is 18.1 Å². The van der Waals surface area contributed by atoms with Crippen molar-refractivity contribution in [3.8, 4) is 0 Å². The van der Waals surface area contributed by atoms with Crippen LogP contribution in [0, 0.1) is 0 Å². The third kappa shape index (κ3) is 2.95. The topological polar surface area (TPSA) is 46.5 Å². The van der Waals surface area contributed by atoms with E-state index in [2.05, 4.69) is 33.9 Å². The van der Waals surface area contributed by atoms with Crippen LogP contribution in [0.25, 0.3) is 0 Å². The van der Waals surface area contributed by atoms with E-state index in [1.807, 2.05) is 0 Å². The summed E-state index contributed by atoms with van der Waals surface area (Å²) < 4.78 is 6.14. The Labute approximate surface area is 98.6 Å². The summed E-state index contributed by atoms with van der Waals surface area (Å²) in [6, 6.07) is 0. The van der Waals surface area contributed by atoms with Gasteiger partial charge in [0.05, 0.1) is 6.10 Å². The van der Waals surface area contributed by atoms with E-state index in [1.165, 1.54) is 0 Å². The molecule has 0 bridgehead atoms. The first kappa shape index (κ1) is 13.5. The summed E-state index contributed by atoms with van der Waals surface area (Å²) >= 11 is 0. The smallest absolute Gasteiger partial charge is 0.331 e. The Morgan fingerprint density at radius 1 is 1.50 bits per heavy atom. The van der Waals surface area contributed by atoms with Gasteiger partial charge >= 0.3 is 5.97 Å². The van der Waals surface area contributed by atoms with Gasteiger partial charge in [-0.3, -0.25) is 0 Å². The number of aliphatic carboxylic acids is 1. The van der Waals surface area contributed by atoms with Gasteiger partial charge in [0.15, 0.2) is 8.32 Å². The van der Waals surface area contributed by atoms with Gasteiger partial charge in [-0.1, -0.05) is 20.8 Å². The van der Waals surface area contributed by atoms with E-state index >= 15 is 0 Å². The maximum Gasteiger partial charge on any atom is 0.331 e. The summed E-state index contributed by atoms with van der Waals surface area (Å²) in [4.78, 5) is 10.8. The van der Waals surface area contributed by atoms with Crippen molar-refractivity contribution in [2.24, 2.45) is 0 Å². The normalized spacial score (nSPS) is 22.1. The average molecular weight is 242 g/mol. The summed E-state index contributed by atoms with van der Waals surface area (Å²) in [5, 5.41) is 9.05. The lowest BCUT2D eigenvalue weighted by Crippen LogP contribution is -2.43. The molecule has 0 saturated heterocycles. The highest BCUT2D eigenvalue weighted by atomic mass is 28.4. The second-order valence-electron chi connectivity index (χ2n) is 5.95. The second-order valence-corrected chi connectivity index (χ2v) is 10.7. The van der Waals surface area contributed by atoms with Gasteiger partial charge in [-0.05, 0) is 37.0 Å². The van der Waals surface area contributed by atoms with Crippen molar-refractivity contribution in [1.82, 2.24) is 0 Å². The highest BCUT2D eigenvalue weighted by molar-refractivity contribution is 6.74. The van der Waals surface area contributed by atoms with E-state index in [-0.39, 0.29) is 11.1 Å². The van der Waals surface area contributed by atoms with E-state index in [0.717, 1.165) is 6.42 Å². The summed E-state index contributed by atoms with van der Waals surface area (Å²) in [6.45, 7) is 11.0. The summed E-state index contributed by atoms with van der Waals surface area (Å²) in [6.07, 6.45) is 3.23. The quantitative estimate of drug-likeness (QED) is 0.773. The maximum absolute atomic E-state index is 10.8. The molecular formula is C12H22O3Si. The minimum absolute atomic E-state index is 0.00647. The molecule has 0 aliphatic heterocycles. The number of carboxylic acid groups (broad SMARTS) is 1. The molecule has 0 aromatic heterocycles. The number of rotatable bonds is 3. The summed E-state index contributed by atoms with van der Waals surface area (Å²) in [7, 11) is -1.77. The standard InChI is InChI=1S/C12H22O3Si/c1-12(2,3)16(4,5)15-10-7-6-9(8-10)11(13)14/h8,10H,6-7H2,1-5H3,(H,13,14). The molecule has 0 fully saturated rings. The van der Waals surface area contributed by atoms with Crippen molar-refractivity contribution in [2.45, 2.75) is 57.8 Å². The van der Waals surface area contributed by atoms with Gasteiger partial charge < -0.3 is 9.53 Å². The molecule has 1 unspecified atom stereocenters. The average Bonchev–Trinajstić information content (AvgIpc) is 2.49. The Kier molecular flexibility index (Phi) is 3.64. The van der Waals surface area contributed by atoms with Crippen LogP contribution in [0.15, 0.2) is 11.6 Å².